The Balaban J connectivity index is 3.18. The maximum absolute atomic E-state index is 10.3. The van der Waals surface area contributed by atoms with Crippen LogP contribution in [0.15, 0.2) is 0 Å². The lowest BCUT2D eigenvalue weighted by Crippen LogP contribution is -1.77. The molecule has 0 aliphatic heterocycles. The molecule has 0 saturated carbocycles. The fourth-order valence-corrected chi connectivity index (χ4v) is 0.850. The van der Waals surface area contributed by atoms with Crippen molar-refractivity contribution in [3.8, 4) is 0 Å². The van der Waals surface area contributed by atoms with Gasteiger partial charge in [-0.3, -0.25) is 4.79 Å². The summed E-state index contributed by atoms with van der Waals surface area (Å²) in [5, 5.41) is 0. The highest BCUT2D eigenvalue weighted by molar-refractivity contribution is 7.39. The molecule has 0 radical (unpaired) electrons. The van der Waals surface area contributed by atoms with Gasteiger partial charge in [-0.1, -0.05) is 6.92 Å². The van der Waals surface area contributed by atoms with Crippen LogP contribution in [-0.2, 0) is 13.9 Å². The van der Waals surface area contributed by atoms with Crippen LogP contribution in [0, 0.1) is 0 Å². The van der Waals surface area contributed by atoms with Crippen LogP contribution in [0.25, 0.3) is 0 Å². The molecule has 0 saturated heterocycles. The summed E-state index contributed by atoms with van der Waals surface area (Å²) in [6.07, 6.45) is 1.25. The maximum atomic E-state index is 10.3. The van der Waals surface area contributed by atoms with Gasteiger partial charge < -0.3 is 0 Å². The van der Waals surface area contributed by atoms with E-state index in [0.29, 0.717) is 6.16 Å². The minimum Gasteiger partial charge on any atom is -0.250 e. The van der Waals surface area contributed by atoms with Gasteiger partial charge in [0, 0.05) is 0 Å². The van der Waals surface area contributed by atoms with E-state index in [-0.39, 0.29) is 6.47 Å². The fourth-order valence-electron chi connectivity index (χ4n) is 0.283. The van der Waals surface area contributed by atoms with E-state index in [0.717, 1.165) is 6.42 Å². The van der Waals surface area contributed by atoms with Crippen LogP contribution in [-0.4, -0.2) is 12.6 Å². The molecule has 0 fully saturated rings. The van der Waals surface area contributed by atoms with Gasteiger partial charge in [0.2, 0.25) is 0 Å². The van der Waals surface area contributed by atoms with E-state index in [1.807, 2.05) is 6.92 Å². The quantitative estimate of drug-likeness (QED) is 0.431. The molecule has 0 bridgehead atoms. The Bertz CT molecular complexity index is 91.3. The van der Waals surface area contributed by atoms with E-state index in [1.165, 1.54) is 0 Å². The van der Waals surface area contributed by atoms with Crippen molar-refractivity contribution in [3.05, 3.63) is 0 Å². The van der Waals surface area contributed by atoms with Crippen LogP contribution in [0.5, 0.6) is 0 Å². The van der Waals surface area contributed by atoms with Crippen molar-refractivity contribution >= 4 is 14.5 Å². The summed E-state index contributed by atoms with van der Waals surface area (Å²) in [6.45, 7) is 2.09. The third-order valence-electron chi connectivity index (χ3n) is 0.567. The highest BCUT2D eigenvalue weighted by atomic mass is 31.1. The van der Waals surface area contributed by atoms with Gasteiger partial charge in [-0.2, -0.15) is 0 Å². The zero-order valence-corrected chi connectivity index (χ0v) is 5.56. The number of carbonyl (C=O) groups excluding carboxylic acids is 1. The molecular formula is C4H8O3P+. The first-order valence-corrected chi connectivity index (χ1v) is 3.72. The Labute approximate surface area is 48.9 Å². The highest BCUT2D eigenvalue weighted by Gasteiger charge is 2.13. The predicted octanol–water partition coefficient (Wildman–Crippen LogP) is 1.31. The fraction of sp³-hybridized carbons (Fsp3) is 0.750. The largest absolute Gasteiger partial charge is 0.558 e. The van der Waals surface area contributed by atoms with E-state index in [1.54, 1.807) is 0 Å². The molecule has 0 aliphatic carbocycles. The zero-order valence-electron chi connectivity index (χ0n) is 4.66. The van der Waals surface area contributed by atoms with Gasteiger partial charge in [-0.15, -0.1) is 0 Å². The molecule has 0 spiro atoms. The number of rotatable bonds is 4. The van der Waals surface area contributed by atoms with Crippen LogP contribution in [0.2, 0.25) is 0 Å². The SMILES string of the molecule is CCC[P+](=O)OC=O. The minimum atomic E-state index is -1.70. The Hall–Kier alpha value is -0.430. The summed E-state index contributed by atoms with van der Waals surface area (Å²) in [6, 6.07) is 0. The molecule has 0 rings (SSSR count). The van der Waals surface area contributed by atoms with E-state index >= 15 is 0 Å². The Kier molecular flexibility index (Phi) is 4.47. The second kappa shape index (κ2) is 4.72. The monoisotopic (exact) mass is 135 g/mol. The van der Waals surface area contributed by atoms with Crippen molar-refractivity contribution in [3.63, 3.8) is 0 Å². The molecule has 1 atom stereocenters. The molecule has 1 unspecified atom stereocenters. The summed E-state index contributed by atoms with van der Waals surface area (Å²) >= 11 is 0. The van der Waals surface area contributed by atoms with Crippen LogP contribution in [0.4, 0.5) is 0 Å². The van der Waals surface area contributed by atoms with Crippen molar-refractivity contribution in [2.45, 2.75) is 13.3 Å². The van der Waals surface area contributed by atoms with E-state index in [4.69, 9.17) is 0 Å². The third-order valence-corrected chi connectivity index (χ3v) is 1.70. The standard InChI is InChI=1S/C4H8O3P/c1-2-3-8(6)7-4-5/h4H,2-3H2,1H3/q+1. The molecular weight excluding hydrogens is 127 g/mol. The molecule has 0 aliphatic rings. The van der Waals surface area contributed by atoms with Crippen molar-refractivity contribution < 1.29 is 13.9 Å². The summed E-state index contributed by atoms with van der Waals surface area (Å²) < 4.78 is 14.4. The summed E-state index contributed by atoms with van der Waals surface area (Å²) in [5.74, 6) is 0. The van der Waals surface area contributed by atoms with Gasteiger partial charge in [0.15, 0.2) is 6.16 Å². The van der Waals surface area contributed by atoms with E-state index in [9.17, 15) is 9.36 Å². The second-order valence-corrected chi connectivity index (χ2v) is 2.58. The maximum Gasteiger partial charge on any atom is 0.558 e. The average molecular weight is 135 g/mol. The van der Waals surface area contributed by atoms with Gasteiger partial charge >= 0.3 is 14.5 Å². The minimum absolute atomic E-state index is 0.217. The second-order valence-electron chi connectivity index (χ2n) is 1.26. The molecule has 3 nitrogen and oxygen atoms in total. The lowest BCUT2D eigenvalue weighted by atomic mass is 10.6. The van der Waals surface area contributed by atoms with Gasteiger partial charge in [-0.05, 0) is 11.0 Å². The van der Waals surface area contributed by atoms with Crippen molar-refractivity contribution in [1.29, 1.82) is 0 Å². The van der Waals surface area contributed by atoms with Gasteiger partial charge in [0.05, 0.1) is 0 Å². The lowest BCUT2D eigenvalue weighted by molar-refractivity contribution is -0.120. The third kappa shape index (κ3) is 3.75. The van der Waals surface area contributed by atoms with E-state index < -0.39 is 8.03 Å². The van der Waals surface area contributed by atoms with Gasteiger partial charge in [0.1, 0.15) is 0 Å². The molecule has 0 aromatic heterocycles. The molecule has 0 amide bonds. The molecule has 46 valence electrons. The summed E-state index contributed by atoms with van der Waals surface area (Å²) in [7, 11) is -1.70. The van der Waals surface area contributed by atoms with Crippen LogP contribution < -0.4 is 0 Å². The number of hydrogen-bond donors (Lipinski definition) is 0. The summed E-state index contributed by atoms with van der Waals surface area (Å²) in [4.78, 5) is 9.48. The Morgan fingerprint density at radius 2 is 2.38 bits per heavy atom. The average Bonchev–Trinajstić information content (AvgIpc) is 1.68. The molecule has 0 aromatic carbocycles. The van der Waals surface area contributed by atoms with Crippen LogP contribution in [0.1, 0.15) is 13.3 Å². The Morgan fingerprint density at radius 3 is 2.75 bits per heavy atom. The van der Waals surface area contributed by atoms with Crippen LogP contribution in [0.3, 0.4) is 0 Å². The number of carbonyl (C=O) groups is 1. The van der Waals surface area contributed by atoms with Crippen LogP contribution >= 0.6 is 8.03 Å². The molecule has 0 heterocycles. The highest BCUT2D eigenvalue weighted by Crippen LogP contribution is 2.20. The first-order valence-electron chi connectivity index (χ1n) is 2.36. The van der Waals surface area contributed by atoms with Gasteiger partial charge in [0.25, 0.3) is 0 Å². The molecule has 4 heteroatoms. The smallest absolute Gasteiger partial charge is 0.250 e. The van der Waals surface area contributed by atoms with Crippen molar-refractivity contribution in [2.75, 3.05) is 6.16 Å². The molecule has 0 N–H and O–H groups in total. The van der Waals surface area contributed by atoms with Crippen molar-refractivity contribution in [2.24, 2.45) is 0 Å². The summed E-state index contributed by atoms with van der Waals surface area (Å²) in [5.41, 5.74) is 0. The number of hydrogen-bond acceptors (Lipinski definition) is 3. The lowest BCUT2D eigenvalue weighted by Gasteiger charge is -1.74. The normalized spacial score (nSPS) is 10.4. The van der Waals surface area contributed by atoms with E-state index in [2.05, 4.69) is 4.52 Å². The first-order chi connectivity index (χ1) is 3.81. The van der Waals surface area contributed by atoms with Crippen molar-refractivity contribution in [1.82, 2.24) is 0 Å². The first kappa shape index (κ1) is 7.57. The Morgan fingerprint density at radius 1 is 1.75 bits per heavy atom. The molecule has 0 aromatic rings. The molecule has 8 heavy (non-hydrogen) atoms. The zero-order chi connectivity index (χ0) is 6.41. The predicted molar refractivity (Wildman–Crippen MR) is 29.9 cm³/mol. The topological polar surface area (TPSA) is 43.4 Å². The van der Waals surface area contributed by atoms with Gasteiger partial charge in [-0.25, -0.2) is 4.52 Å².